The minimum absolute atomic E-state index is 0.0319. The molecule has 0 amide bonds. The summed E-state index contributed by atoms with van der Waals surface area (Å²) in [6, 6.07) is 1.95. The Morgan fingerprint density at radius 1 is 1.11 bits per heavy atom. The lowest BCUT2D eigenvalue weighted by Gasteiger charge is -2.55. The molecule has 4 aliphatic carbocycles. The van der Waals surface area contributed by atoms with E-state index in [9.17, 15) is 4.79 Å². The quantitative estimate of drug-likeness (QED) is 0.740. The lowest BCUT2D eigenvalue weighted by atomic mass is 9.48. The van der Waals surface area contributed by atoms with Gasteiger partial charge in [-0.2, -0.15) is 0 Å². The second-order valence-electron chi connectivity index (χ2n) is 7.35. The molecule has 0 aliphatic heterocycles. The Bertz CT molecular complexity index is 502. The summed E-state index contributed by atoms with van der Waals surface area (Å²) >= 11 is 0. The van der Waals surface area contributed by atoms with Gasteiger partial charge in [0.1, 0.15) is 11.5 Å². The Hall–Kier alpha value is -1.05. The Morgan fingerprint density at radius 3 is 2.05 bits per heavy atom. The molecule has 4 fully saturated rings. The highest BCUT2D eigenvalue weighted by Gasteiger charge is 2.54. The van der Waals surface area contributed by atoms with Crippen molar-refractivity contribution in [3.8, 4) is 0 Å². The van der Waals surface area contributed by atoms with Crippen LogP contribution < -0.4 is 0 Å². The van der Waals surface area contributed by atoms with Gasteiger partial charge in [-0.3, -0.25) is 4.79 Å². The van der Waals surface area contributed by atoms with E-state index in [-0.39, 0.29) is 5.41 Å². The van der Waals surface area contributed by atoms with E-state index in [1.165, 1.54) is 19.3 Å². The summed E-state index contributed by atoms with van der Waals surface area (Å²) in [4.78, 5) is 13.1. The fraction of sp³-hybridized carbons (Fsp3) is 0.706. The molecule has 102 valence electrons. The molecular formula is C17H22O2. The van der Waals surface area contributed by atoms with Gasteiger partial charge in [0.25, 0.3) is 0 Å². The monoisotopic (exact) mass is 258 g/mol. The fourth-order valence-electron chi connectivity index (χ4n) is 5.53. The van der Waals surface area contributed by atoms with Crippen LogP contribution in [-0.4, -0.2) is 5.78 Å². The van der Waals surface area contributed by atoms with Gasteiger partial charge < -0.3 is 4.42 Å². The predicted molar refractivity (Wildman–Crippen MR) is 73.1 cm³/mol. The highest BCUT2D eigenvalue weighted by Crippen LogP contribution is 2.61. The maximum atomic E-state index is 13.1. The molecule has 0 spiro atoms. The van der Waals surface area contributed by atoms with Crippen molar-refractivity contribution in [1.82, 2.24) is 0 Å². The molecular weight excluding hydrogens is 236 g/mol. The third kappa shape index (κ3) is 1.65. The predicted octanol–water partition coefficient (Wildman–Crippen LogP) is 4.30. The van der Waals surface area contributed by atoms with Crippen molar-refractivity contribution in [3.63, 3.8) is 0 Å². The summed E-state index contributed by atoms with van der Waals surface area (Å²) in [5, 5.41) is 0. The van der Waals surface area contributed by atoms with Crippen molar-refractivity contribution >= 4 is 5.78 Å². The van der Waals surface area contributed by atoms with Crippen molar-refractivity contribution in [3.05, 3.63) is 23.2 Å². The van der Waals surface area contributed by atoms with E-state index in [2.05, 4.69) is 0 Å². The molecule has 1 aromatic heterocycles. The first-order chi connectivity index (χ1) is 9.06. The number of furan rings is 1. The van der Waals surface area contributed by atoms with E-state index < -0.39 is 0 Å². The van der Waals surface area contributed by atoms with Gasteiger partial charge in [-0.05, 0) is 76.2 Å². The molecule has 0 saturated heterocycles. The van der Waals surface area contributed by atoms with E-state index in [4.69, 9.17) is 4.42 Å². The second-order valence-corrected chi connectivity index (χ2v) is 7.35. The van der Waals surface area contributed by atoms with Crippen LogP contribution in [0.3, 0.4) is 0 Å². The van der Waals surface area contributed by atoms with Crippen LogP contribution in [0.4, 0.5) is 0 Å². The van der Waals surface area contributed by atoms with E-state index in [0.717, 1.165) is 54.1 Å². The molecule has 0 unspecified atom stereocenters. The molecule has 1 heterocycles. The van der Waals surface area contributed by atoms with E-state index in [1.54, 1.807) is 0 Å². The third-order valence-corrected chi connectivity index (χ3v) is 5.81. The summed E-state index contributed by atoms with van der Waals surface area (Å²) in [5.74, 6) is 4.54. The van der Waals surface area contributed by atoms with Gasteiger partial charge in [-0.1, -0.05) is 0 Å². The number of hydrogen-bond donors (Lipinski definition) is 0. The molecule has 4 aliphatic rings. The number of Topliss-reactive ketones (excluding diaryl/α,β-unsaturated/α-hetero) is 1. The fourth-order valence-corrected chi connectivity index (χ4v) is 5.53. The largest absolute Gasteiger partial charge is 0.466 e. The molecule has 0 aromatic carbocycles. The van der Waals surface area contributed by atoms with Crippen molar-refractivity contribution < 1.29 is 9.21 Å². The summed E-state index contributed by atoms with van der Waals surface area (Å²) in [5.41, 5.74) is 0.829. The van der Waals surface area contributed by atoms with Crippen LogP contribution in [0.25, 0.3) is 0 Å². The highest BCUT2D eigenvalue weighted by molar-refractivity contribution is 6.01. The topological polar surface area (TPSA) is 30.2 Å². The molecule has 4 saturated carbocycles. The molecule has 5 rings (SSSR count). The first kappa shape index (κ1) is 11.7. The summed E-state index contributed by atoms with van der Waals surface area (Å²) < 4.78 is 5.58. The maximum absolute atomic E-state index is 13.1. The lowest BCUT2D eigenvalue weighted by molar-refractivity contribution is -0.0353. The molecule has 1 aromatic rings. The zero-order valence-electron chi connectivity index (χ0n) is 11.9. The SMILES string of the molecule is Cc1cc(C(=O)C23CC4CC(CC(C4)C2)C3)c(C)o1. The Balaban J connectivity index is 1.72. The normalized spacial score (nSPS) is 39.8. The van der Waals surface area contributed by atoms with Crippen LogP contribution in [0.5, 0.6) is 0 Å². The van der Waals surface area contributed by atoms with Crippen LogP contribution in [-0.2, 0) is 0 Å². The summed E-state index contributed by atoms with van der Waals surface area (Å²) in [6.07, 6.45) is 7.58. The molecule has 2 heteroatoms. The molecule has 0 N–H and O–H groups in total. The summed E-state index contributed by atoms with van der Waals surface area (Å²) in [6.45, 7) is 3.87. The van der Waals surface area contributed by atoms with Crippen LogP contribution in [0.2, 0.25) is 0 Å². The molecule has 0 radical (unpaired) electrons. The number of carbonyl (C=O) groups is 1. The van der Waals surface area contributed by atoms with Gasteiger partial charge in [0, 0.05) is 5.41 Å². The number of hydrogen-bond acceptors (Lipinski definition) is 2. The van der Waals surface area contributed by atoms with Gasteiger partial charge in [-0.15, -0.1) is 0 Å². The average molecular weight is 258 g/mol. The van der Waals surface area contributed by atoms with Gasteiger partial charge in [-0.25, -0.2) is 0 Å². The number of rotatable bonds is 2. The molecule has 4 bridgehead atoms. The zero-order valence-corrected chi connectivity index (χ0v) is 11.9. The van der Waals surface area contributed by atoms with Gasteiger partial charge in [0.2, 0.25) is 0 Å². The standard InChI is InChI=1S/C17H22O2/c1-10-3-15(11(2)19-10)16(18)17-7-12-4-13(8-17)6-14(5-12)9-17/h3,12-14H,4-9H2,1-2H3. The van der Waals surface area contributed by atoms with Gasteiger partial charge in [0.15, 0.2) is 5.78 Å². The average Bonchev–Trinajstić information content (AvgIpc) is 2.65. The van der Waals surface area contributed by atoms with E-state index in [1.807, 2.05) is 19.9 Å². The van der Waals surface area contributed by atoms with Gasteiger partial charge >= 0.3 is 0 Å². The first-order valence-corrected chi connectivity index (χ1v) is 7.67. The number of carbonyl (C=O) groups excluding carboxylic acids is 1. The molecule has 19 heavy (non-hydrogen) atoms. The minimum atomic E-state index is -0.0319. The number of ketones is 1. The van der Waals surface area contributed by atoms with Crippen molar-refractivity contribution in [2.75, 3.05) is 0 Å². The molecule has 0 atom stereocenters. The van der Waals surface area contributed by atoms with Crippen molar-refractivity contribution in [2.45, 2.75) is 52.4 Å². The van der Waals surface area contributed by atoms with E-state index >= 15 is 0 Å². The summed E-state index contributed by atoms with van der Waals surface area (Å²) in [7, 11) is 0. The number of aryl methyl sites for hydroxylation is 2. The van der Waals surface area contributed by atoms with Crippen LogP contribution >= 0.6 is 0 Å². The first-order valence-electron chi connectivity index (χ1n) is 7.67. The Labute approximate surface area is 114 Å². The minimum Gasteiger partial charge on any atom is -0.466 e. The maximum Gasteiger partial charge on any atom is 0.172 e. The second kappa shape index (κ2) is 3.74. The Morgan fingerprint density at radius 2 is 1.63 bits per heavy atom. The lowest BCUT2D eigenvalue weighted by Crippen LogP contribution is -2.50. The Kier molecular flexibility index (Phi) is 2.31. The smallest absolute Gasteiger partial charge is 0.172 e. The third-order valence-electron chi connectivity index (χ3n) is 5.81. The van der Waals surface area contributed by atoms with Gasteiger partial charge in [0.05, 0.1) is 5.56 Å². The van der Waals surface area contributed by atoms with Crippen molar-refractivity contribution in [1.29, 1.82) is 0 Å². The van der Waals surface area contributed by atoms with E-state index in [0.29, 0.717) is 5.78 Å². The van der Waals surface area contributed by atoms with Crippen LogP contribution in [0, 0.1) is 37.0 Å². The highest BCUT2D eigenvalue weighted by atomic mass is 16.3. The van der Waals surface area contributed by atoms with Crippen LogP contribution in [0.15, 0.2) is 10.5 Å². The molecule has 2 nitrogen and oxygen atoms in total. The van der Waals surface area contributed by atoms with Crippen molar-refractivity contribution in [2.24, 2.45) is 23.2 Å². The van der Waals surface area contributed by atoms with Crippen LogP contribution in [0.1, 0.15) is 60.4 Å². The zero-order chi connectivity index (χ0) is 13.2.